The third-order valence-electron chi connectivity index (χ3n) is 2.63. The van der Waals surface area contributed by atoms with Gasteiger partial charge in [-0.05, 0) is 12.5 Å². The van der Waals surface area contributed by atoms with Gasteiger partial charge in [-0.15, -0.1) is 11.3 Å². The lowest BCUT2D eigenvalue weighted by Gasteiger charge is -2.07. The maximum Gasteiger partial charge on any atom is 0.271 e. The van der Waals surface area contributed by atoms with E-state index < -0.39 is 4.92 Å². The van der Waals surface area contributed by atoms with Gasteiger partial charge in [0.2, 0.25) is 0 Å². The van der Waals surface area contributed by atoms with Crippen LogP contribution in [-0.2, 0) is 13.0 Å². The number of thiazole rings is 1. The summed E-state index contributed by atoms with van der Waals surface area (Å²) in [6, 6.07) is 4.39. The quantitative estimate of drug-likeness (QED) is 0.498. The molecule has 6 nitrogen and oxygen atoms in total. The van der Waals surface area contributed by atoms with E-state index in [0.29, 0.717) is 17.9 Å². The Kier molecular flexibility index (Phi) is 3.96. The second-order valence-corrected chi connectivity index (χ2v) is 5.16. The van der Waals surface area contributed by atoms with Crippen LogP contribution in [0.3, 0.4) is 0 Å². The molecule has 0 saturated carbocycles. The predicted octanol–water partition coefficient (Wildman–Crippen LogP) is 2.81. The maximum absolute atomic E-state index is 10.6. The van der Waals surface area contributed by atoms with Crippen molar-refractivity contribution in [3.63, 3.8) is 0 Å². The molecule has 0 aliphatic rings. The molecule has 2 aromatic rings. The summed E-state index contributed by atoms with van der Waals surface area (Å²) in [6.45, 7) is 2.64. The number of nitrogen functional groups attached to an aromatic ring is 1. The van der Waals surface area contributed by atoms with E-state index in [4.69, 9.17) is 5.73 Å². The van der Waals surface area contributed by atoms with Crippen molar-refractivity contribution in [1.82, 2.24) is 4.98 Å². The summed E-state index contributed by atoms with van der Waals surface area (Å²) in [6.07, 6.45) is 2.83. The lowest BCUT2D eigenvalue weighted by molar-refractivity contribution is -0.384. The van der Waals surface area contributed by atoms with Crippen molar-refractivity contribution < 1.29 is 4.92 Å². The van der Waals surface area contributed by atoms with Gasteiger partial charge in [-0.2, -0.15) is 0 Å². The summed E-state index contributed by atoms with van der Waals surface area (Å²) in [4.78, 5) is 15.7. The van der Waals surface area contributed by atoms with Gasteiger partial charge in [-0.3, -0.25) is 10.1 Å². The SMILES string of the molecule is CCc1cnc(CNc2ccc([N+](=O)[O-])cc2N)s1. The first kappa shape index (κ1) is 13.3. The number of nitro groups is 1. The van der Waals surface area contributed by atoms with Gasteiger partial charge in [-0.1, -0.05) is 6.92 Å². The van der Waals surface area contributed by atoms with Gasteiger partial charge < -0.3 is 11.1 Å². The van der Waals surface area contributed by atoms with Crippen LogP contribution < -0.4 is 11.1 Å². The fourth-order valence-corrected chi connectivity index (χ4v) is 2.39. The highest BCUT2D eigenvalue weighted by Gasteiger charge is 2.09. The summed E-state index contributed by atoms with van der Waals surface area (Å²) in [5.41, 5.74) is 6.80. The Labute approximate surface area is 114 Å². The standard InChI is InChI=1S/C12H14N4O2S/c1-2-9-6-15-12(19-9)7-14-11-4-3-8(16(17)18)5-10(11)13/h3-6,14H,2,7,13H2,1H3. The maximum atomic E-state index is 10.6. The van der Waals surface area contributed by atoms with Crippen molar-refractivity contribution in [3.05, 3.63) is 44.4 Å². The molecular formula is C12H14N4O2S. The fourth-order valence-electron chi connectivity index (χ4n) is 1.59. The summed E-state index contributed by atoms with van der Waals surface area (Å²) in [7, 11) is 0. The number of hydrogen-bond acceptors (Lipinski definition) is 6. The zero-order valence-corrected chi connectivity index (χ0v) is 11.2. The second kappa shape index (κ2) is 5.66. The van der Waals surface area contributed by atoms with Crippen molar-refractivity contribution in [2.45, 2.75) is 19.9 Å². The summed E-state index contributed by atoms with van der Waals surface area (Å²) in [5.74, 6) is 0. The van der Waals surface area contributed by atoms with Crippen LogP contribution in [-0.4, -0.2) is 9.91 Å². The molecule has 0 radical (unpaired) electrons. The van der Waals surface area contributed by atoms with Crippen LogP contribution >= 0.6 is 11.3 Å². The molecular weight excluding hydrogens is 264 g/mol. The zero-order valence-electron chi connectivity index (χ0n) is 10.4. The molecule has 7 heteroatoms. The van der Waals surface area contributed by atoms with Crippen LogP contribution in [0.1, 0.15) is 16.8 Å². The molecule has 19 heavy (non-hydrogen) atoms. The van der Waals surface area contributed by atoms with Crippen molar-refractivity contribution >= 4 is 28.4 Å². The van der Waals surface area contributed by atoms with E-state index in [1.165, 1.54) is 17.0 Å². The number of anilines is 2. The molecule has 1 aromatic carbocycles. The highest BCUT2D eigenvalue weighted by Crippen LogP contribution is 2.25. The average Bonchev–Trinajstić information content (AvgIpc) is 2.85. The third kappa shape index (κ3) is 3.19. The van der Waals surface area contributed by atoms with E-state index in [0.717, 1.165) is 11.4 Å². The molecule has 0 bridgehead atoms. The van der Waals surface area contributed by atoms with Gasteiger partial charge in [0, 0.05) is 23.2 Å². The van der Waals surface area contributed by atoms with Gasteiger partial charge in [0.15, 0.2) is 0 Å². The Bertz CT molecular complexity index is 597. The average molecular weight is 278 g/mol. The molecule has 0 saturated heterocycles. The first-order valence-corrected chi connectivity index (χ1v) is 6.63. The molecule has 3 N–H and O–H groups in total. The first-order valence-electron chi connectivity index (χ1n) is 5.81. The van der Waals surface area contributed by atoms with Crippen LogP contribution in [0.25, 0.3) is 0 Å². The number of nitro benzene ring substituents is 1. The number of hydrogen-bond donors (Lipinski definition) is 2. The minimum absolute atomic E-state index is 0.00873. The highest BCUT2D eigenvalue weighted by atomic mass is 32.1. The number of aromatic nitrogens is 1. The Morgan fingerprint density at radius 3 is 2.89 bits per heavy atom. The van der Waals surface area contributed by atoms with Gasteiger partial charge in [0.25, 0.3) is 5.69 Å². The van der Waals surface area contributed by atoms with Crippen LogP contribution in [0, 0.1) is 10.1 Å². The minimum Gasteiger partial charge on any atom is -0.397 e. The third-order valence-corrected chi connectivity index (χ3v) is 3.77. The van der Waals surface area contributed by atoms with E-state index in [-0.39, 0.29) is 5.69 Å². The topological polar surface area (TPSA) is 94.1 Å². The number of non-ortho nitro benzene ring substituents is 1. The Morgan fingerprint density at radius 2 is 2.32 bits per heavy atom. The predicted molar refractivity (Wildman–Crippen MR) is 76.3 cm³/mol. The van der Waals surface area contributed by atoms with E-state index in [9.17, 15) is 10.1 Å². The number of nitrogens with zero attached hydrogens (tertiary/aromatic N) is 2. The minimum atomic E-state index is -0.464. The highest BCUT2D eigenvalue weighted by molar-refractivity contribution is 7.11. The monoisotopic (exact) mass is 278 g/mol. The van der Waals surface area contributed by atoms with E-state index in [2.05, 4.69) is 17.2 Å². The zero-order chi connectivity index (χ0) is 13.8. The molecule has 2 rings (SSSR count). The molecule has 1 heterocycles. The summed E-state index contributed by atoms with van der Waals surface area (Å²) < 4.78 is 0. The molecule has 0 spiro atoms. The number of aryl methyl sites for hydroxylation is 1. The molecule has 0 aliphatic heterocycles. The molecule has 0 amide bonds. The number of benzene rings is 1. The second-order valence-electron chi connectivity index (χ2n) is 3.96. The van der Waals surface area contributed by atoms with Gasteiger partial charge in [-0.25, -0.2) is 4.98 Å². The van der Waals surface area contributed by atoms with E-state index >= 15 is 0 Å². The normalized spacial score (nSPS) is 10.4. The molecule has 1 aromatic heterocycles. The van der Waals surface area contributed by atoms with Crippen LogP contribution in [0.4, 0.5) is 17.1 Å². The first-order chi connectivity index (χ1) is 9.10. The summed E-state index contributed by atoms with van der Waals surface area (Å²) in [5, 5.41) is 14.7. The van der Waals surface area contributed by atoms with Gasteiger partial charge >= 0.3 is 0 Å². The van der Waals surface area contributed by atoms with Gasteiger partial charge in [0.1, 0.15) is 5.01 Å². The van der Waals surface area contributed by atoms with Crippen LogP contribution in [0.2, 0.25) is 0 Å². The van der Waals surface area contributed by atoms with E-state index in [1.807, 2.05) is 6.20 Å². The Hall–Kier alpha value is -2.15. The van der Waals surface area contributed by atoms with E-state index in [1.54, 1.807) is 17.4 Å². The molecule has 100 valence electrons. The van der Waals surface area contributed by atoms with Crippen molar-refractivity contribution in [1.29, 1.82) is 0 Å². The molecule has 0 atom stereocenters. The van der Waals surface area contributed by atoms with Crippen molar-refractivity contribution in [2.75, 3.05) is 11.1 Å². The van der Waals surface area contributed by atoms with Gasteiger partial charge in [0.05, 0.1) is 22.8 Å². The number of rotatable bonds is 5. The number of nitrogens with two attached hydrogens (primary N) is 1. The van der Waals surface area contributed by atoms with Crippen molar-refractivity contribution in [3.8, 4) is 0 Å². The lowest BCUT2D eigenvalue weighted by atomic mass is 10.2. The largest absolute Gasteiger partial charge is 0.397 e. The Balaban J connectivity index is 2.05. The molecule has 0 aliphatic carbocycles. The Morgan fingerprint density at radius 1 is 1.53 bits per heavy atom. The lowest BCUT2D eigenvalue weighted by Crippen LogP contribution is -2.02. The molecule has 0 fully saturated rings. The number of nitrogens with one attached hydrogen (secondary N) is 1. The smallest absolute Gasteiger partial charge is 0.271 e. The molecule has 0 unspecified atom stereocenters. The van der Waals surface area contributed by atoms with Crippen molar-refractivity contribution in [2.24, 2.45) is 0 Å². The van der Waals surface area contributed by atoms with Crippen LogP contribution in [0.5, 0.6) is 0 Å². The summed E-state index contributed by atoms with van der Waals surface area (Å²) >= 11 is 1.64. The van der Waals surface area contributed by atoms with Crippen LogP contribution in [0.15, 0.2) is 24.4 Å². The fraction of sp³-hybridized carbons (Fsp3) is 0.250.